The molecule has 0 saturated heterocycles. The van der Waals surface area contributed by atoms with Gasteiger partial charge >= 0.3 is 6.03 Å². The molecule has 0 unspecified atom stereocenters. The Labute approximate surface area is 166 Å². The lowest BCUT2D eigenvalue weighted by Crippen LogP contribution is -2.32. The topological polar surface area (TPSA) is 52.7 Å². The van der Waals surface area contributed by atoms with Gasteiger partial charge in [0.25, 0.3) is 5.91 Å². The molecule has 0 saturated carbocycles. The predicted molar refractivity (Wildman–Crippen MR) is 110 cm³/mol. The van der Waals surface area contributed by atoms with E-state index in [1.807, 2.05) is 4.90 Å². The van der Waals surface area contributed by atoms with E-state index in [2.05, 4.69) is 19.2 Å². The Kier molecular flexibility index (Phi) is 7.99. The van der Waals surface area contributed by atoms with E-state index < -0.39 is 0 Å². The van der Waals surface area contributed by atoms with Gasteiger partial charge in [0.05, 0.1) is 0 Å². The molecule has 2 rings (SSSR count). The molecule has 5 nitrogen and oxygen atoms in total. The largest absolute Gasteiger partial charge is 0.339 e. The Hall–Kier alpha value is -2.89. The van der Waals surface area contributed by atoms with Crippen LogP contribution in [-0.4, -0.2) is 41.9 Å². The number of nitrogens with one attached hydrogen (secondary N) is 1. The highest BCUT2D eigenvalue weighted by Gasteiger charge is 2.15. The van der Waals surface area contributed by atoms with E-state index in [0.29, 0.717) is 23.4 Å². The summed E-state index contributed by atoms with van der Waals surface area (Å²) in [5, 5.41) is 2.79. The minimum Gasteiger partial charge on any atom is -0.339 e. The van der Waals surface area contributed by atoms with Crippen LogP contribution in [0, 0.1) is 5.82 Å². The van der Waals surface area contributed by atoms with Crippen molar-refractivity contribution in [3.05, 3.63) is 65.5 Å². The summed E-state index contributed by atoms with van der Waals surface area (Å²) < 4.78 is 13.3. The second kappa shape index (κ2) is 10.4. The summed E-state index contributed by atoms with van der Waals surface area (Å²) in [5.41, 5.74) is 1.92. The first kappa shape index (κ1) is 21.4. The Balaban J connectivity index is 1.97. The smallest absolute Gasteiger partial charge is 0.321 e. The Bertz CT molecular complexity index is 787. The van der Waals surface area contributed by atoms with Crippen molar-refractivity contribution < 1.29 is 14.0 Å². The molecule has 0 aliphatic carbocycles. The van der Waals surface area contributed by atoms with Gasteiger partial charge < -0.3 is 15.1 Å². The molecular weight excluding hydrogens is 357 g/mol. The first-order valence-electron chi connectivity index (χ1n) is 9.60. The lowest BCUT2D eigenvalue weighted by Gasteiger charge is -2.22. The maximum Gasteiger partial charge on any atom is 0.321 e. The molecule has 150 valence electrons. The van der Waals surface area contributed by atoms with Gasteiger partial charge in [0, 0.05) is 37.9 Å². The van der Waals surface area contributed by atoms with E-state index in [1.54, 1.807) is 43.4 Å². The Morgan fingerprint density at radius 1 is 1.00 bits per heavy atom. The summed E-state index contributed by atoms with van der Waals surface area (Å²) in [4.78, 5) is 28.3. The summed E-state index contributed by atoms with van der Waals surface area (Å²) in [6.07, 6.45) is 1.83. The molecule has 3 amide bonds. The maximum atomic E-state index is 13.3. The van der Waals surface area contributed by atoms with E-state index in [-0.39, 0.29) is 17.8 Å². The molecule has 1 N–H and O–H groups in total. The molecule has 28 heavy (non-hydrogen) atoms. The molecule has 0 heterocycles. The number of rotatable bonds is 8. The van der Waals surface area contributed by atoms with Crippen molar-refractivity contribution in [1.82, 2.24) is 9.80 Å². The number of anilines is 1. The van der Waals surface area contributed by atoms with Gasteiger partial charge in [-0.3, -0.25) is 4.79 Å². The quantitative estimate of drug-likeness (QED) is 0.713. The van der Waals surface area contributed by atoms with Crippen LogP contribution in [0.25, 0.3) is 0 Å². The maximum absolute atomic E-state index is 13.3. The van der Waals surface area contributed by atoms with Gasteiger partial charge in [-0.1, -0.05) is 26.0 Å². The second-order valence-corrected chi connectivity index (χ2v) is 6.79. The molecular formula is C22H28FN3O2. The van der Waals surface area contributed by atoms with Crippen molar-refractivity contribution in [3.8, 4) is 0 Å². The van der Waals surface area contributed by atoms with E-state index in [9.17, 15) is 14.0 Å². The van der Waals surface area contributed by atoms with E-state index in [4.69, 9.17) is 0 Å². The molecule has 2 aromatic rings. The number of amides is 3. The van der Waals surface area contributed by atoms with Crippen LogP contribution in [0.1, 0.15) is 42.6 Å². The molecule has 0 aromatic heterocycles. The van der Waals surface area contributed by atoms with Crippen molar-refractivity contribution in [2.24, 2.45) is 0 Å². The second-order valence-electron chi connectivity index (χ2n) is 6.79. The van der Waals surface area contributed by atoms with E-state index >= 15 is 0 Å². The molecule has 0 atom stereocenters. The van der Waals surface area contributed by atoms with Gasteiger partial charge in [0.2, 0.25) is 0 Å². The number of hydrogen-bond donors (Lipinski definition) is 1. The fourth-order valence-electron chi connectivity index (χ4n) is 2.93. The Morgan fingerprint density at radius 2 is 1.64 bits per heavy atom. The van der Waals surface area contributed by atoms with Crippen LogP contribution in [0.5, 0.6) is 0 Å². The molecule has 0 radical (unpaired) electrons. The SMILES string of the molecule is CCCN(CCC)C(=O)c1ccc(NC(=O)N(C)Cc2cccc(F)c2)cc1. The fourth-order valence-corrected chi connectivity index (χ4v) is 2.93. The molecule has 0 fully saturated rings. The summed E-state index contributed by atoms with van der Waals surface area (Å²) in [6, 6.07) is 12.7. The highest BCUT2D eigenvalue weighted by molar-refractivity contribution is 5.95. The zero-order valence-corrected chi connectivity index (χ0v) is 16.7. The van der Waals surface area contributed by atoms with Crippen LogP contribution in [0.2, 0.25) is 0 Å². The first-order valence-corrected chi connectivity index (χ1v) is 9.60. The molecule has 0 spiro atoms. The number of carbonyl (C=O) groups is 2. The van der Waals surface area contributed by atoms with Crippen LogP contribution >= 0.6 is 0 Å². The number of hydrogen-bond acceptors (Lipinski definition) is 2. The molecule has 2 aromatic carbocycles. The normalized spacial score (nSPS) is 10.4. The fraction of sp³-hybridized carbons (Fsp3) is 0.364. The third-order valence-corrected chi connectivity index (χ3v) is 4.31. The molecule has 0 aliphatic heterocycles. The van der Waals surface area contributed by atoms with E-state index in [1.165, 1.54) is 17.0 Å². The van der Waals surface area contributed by atoms with E-state index in [0.717, 1.165) is 25.9 Å². The number of benzene rings is 2. The highest BCUT2D eigenvalue weighted by Crippen LogP contribution is 2.14. The number of halogens is 1. The summed E-state index contributed by atoms with van der Waals surface area (Å²) in [6.45, 7) is 5.86. The predicted octanol–water partition coefficient (Wildman–Crippen LogP) is 4.75. The molecule has 0 bridgehead atoms. The van der Waals surface area contributed by atoms with Crippen molar-refractivity contribution in [3.63, 3.8) is 0 Å². The minimum absolute atomic E-state index is 0.00444. The third-order valence-electron chi connectivity index (χ3n) is 4.31. The Morgan fingerprint density at radius 3 is 2.21 bits per heavy atom. The van der Waals surface area contributed by atoms with Crippen LogP contribution in [0.4, 0.5) is 14.9 Å². The zero-order chi connectivity index (χ0) is 20.5. The number of carbonyl (C=O) groups excluding carboxylic acids is 2. The van der Waals surface area contributed by atoms with Gasteiger partial charge in [-0.15, -0.1) is 0 Å². The summed E-state index contributed by atoms with van der Waals surface area (Å²) in [7, 11) is 1.64. The lowest BCUT2D eigenvalue weighted by molar-refractivity contribution is 0.0755. The third kappa shape index (κ3) is 6.08. The number of urea groups is 1. The average Bonchev–Trinajstić information content (AvgIpc) is 2.68. The van der Waals surface area contributed by atoms with Crippen molar-refractivity contribution in [2.75, 3.05) is 25.5 Å². The molecule has 0 aliphatic rings. The average molecular weight is 385 g/mol. The number of nitrogens with zero attached hydrogens (tertiary/aromatic N) is 2. The van der Waals surface area contributed by atoms with Crippen LogP contribution in [0.15, 0.2) is 48.5 Å². The minimum atomic E-state index is -0.327. The van der Waals surface area contributed by atoms with Crippen molar-refractivity contribution in [1.29, 1.82) is 0 Å². The van der Waals surface area contributed by atoms with Crippen LogP contribution < -0.4 is 5.32 Å². The van der Waals surface area contributed by atoms with Gasteiger partial charge in [0.15, 0.2) is 0 Å². The van der Waals surface area contributed by atoms with Crippen LogP contribution in [0.3, 0.4) is 0 Å². The van der Waals surface area contributed by atoms with Gasteiger partial charge in [-0.05, 0) is 54.8 Å². The summed E-state index contributed by atoms with van der Waals surface area (Å²) >= 11 is 0. The zero-order valence-electron chi connectivity index (χ0n) is 16.7. The lowest BCUT2D eigenvalue weighted by atomic mass is 10.1. The van der Waals surface area contributed by atoms with Crippen molar-refractivity contribution >= 4 is 17.6 Å². The molecule has 6 heteroatoms. The highest BCUT2D eigenvalue weighted by atomic mass is 19.1. The first-order chi connectivity index (χ1) is 13.4. The van der Waals surface area contributed by atoms with Gasteiger partial charge in [0.1, 0.15) is 5.82 Å². The van der Waals surface area contributed by atoms with Crippen molar-refractivity contribution in [2.45, 2.75) is 33.2 Å². The van der Waals surface area contributed by atoms with Gasteiger partial charge in [-0.25, -0.2) is 9.18 Å². The monoisotopic (exact) mass is 385 g/mol. The summed E-state index contributed by atoms with van der Waals surface area (Å²) in [5.74, 6) is -0.323. The van der Waals surface area contributed by atoms with Crippen LogP contribution in [-0.2, 0) is 6.54 Å². The standard InChI is InChI=1S/C22H28FN3O2/c1-4-13-26(14-5-2)21(27)18-9-11-20(12-10-18)24-22(28)25(3)16-17-7-6-8-19(23)15-17/h6-12,15H,4-5,13-14,16H2,1-3H3,(H,24,28). The van der Waals surface area contributed by atoms with Gasteiger partial charge in [-0.2, -0.15) is 0 Å².